The van der Waals surface area contributed by atoms with Gasteiger partial charge < -0.3 is 5.32 Å². The lowest BCUT2D eigenvalue weighted by Crippen LogP contribution is -2.34. The zero-order valence-corrected chi connectivity index (χ0v) is 18.1. The fourth-order valence-electron chi connectivity index (χ4n) is 3.38. The summed E-state index contributed by atoms with van der Waals surface area (Å²) >= 11 is 6.03. The van der Waals surface area contributed by atoms with E-state index in [1.54, 1.807) is 17.8 Å². The number of aryl methyl sites for hydroxylation is 3. The number of rotatable bonds is 4. The Morgan fingerprint density at radius 3 is 2.59 bits per heavy atom. The lowest BCUT2D eigenvalue weighted by Gasteiger charge is -2.12. The van der Waals surface area contributed by atoms with E-state index in [1.165, 1.54) is 18.2 Å². The van der Waals surface area contributed by atoms with Crippen molar-refractivity contribution in [2.75, 3.05) is 10.7 Å². The van der Waals surface area contributed by atoms with Crippen molar-refractivity contribution in [1.82, 2.24) is 25.2 Å². The largest absolute Gasteiger partial charge is 0.337 e. The van der Waals surface area contributed by atoms with Gasteiger partial charge >= 0.3 is 6.03 Å². The molecule has 3 aromatic heterocycles. The molecule has 3 heterocycles. The number of urea groups is 1. The van der Waals surface area contributed by atoms with Crippen LogP contribution in [0.25, 0.3) is 22.3 Å². The van der Waals surface area contributed by atoms with Crippen molar-refractivity contribution in [3.05, 3.63) is 64.4 Å². The Morgan fingerprint density at radius 2 is 1.84 bits per heavy atom. The van der Waals surface area contributed by atoms with Gasteiger partial charge in [0.15, 0.2) is 17.3 Å². The zero-order valence-electron chi connectivity index (χ0n) is 17.3. The summed E-state index contributed by atoms with van der Waals surface area (Å²) in [5, 5.41) is 8.00. The van der Waals surface area contributed by atoms with E-state index in [1.807, 2.05) is 13.8 Å². The molecule has 8 nitrogen and oxygen atoms in total. The van der Waals surface area contributed by atoms with Gasteiger partial charge in [-0.1, -0.05) is 11.6 Å². The standard InChI is InChI=1S/C21H18ClF2N7O/c1-10-6-18(27-20-19(10)11(2)30-31(20)3)28-29-21(32)25-13-8-16(26-17(22)9-13)12-4-5-14(23)15(24)7-12/h4-9H,1-3H3,(H,27,28)(H2,25,26,29,32). The molecule has 0 saturated carbocycles. The third-order valence-corrected chi connectivity index (χ3v) is 4.93. The van der Waals surface area contributed by atoms with Gasteiger partial charge in [0.25, 0.3) is 0 Å². The van der Waals surface area contributed by atoms with Crippen molar-refractivity contribution in [2.45, 2.75) is 13.8 Å². The molecule has 164 valence electrons. The van der Waals surface area contributed by atoms with Crippen molar-refractivity contribution in [3.63, 3.8) is 0 Å². The van der Waals surface area contributed by atoms with Crippen LogP contribution in [-0.4, -0.2) is 25.8 Å². The Balaban J connectivity index is 1.49. The number of carbonyl (C=O) groups is 1. The minimum Gasteiger partial charge on any atom is -0.306 e. The van der Waals surface area contributed by atoms with Crippen LogP contribution in [0.4, 0.5) is 25.1 Å². The number of fused-ring (bicyclic) bond motifs is 1. The Bertz CT molecular complexity index is 1360. The summed E-state index contributed by atoms with van der Waals surface area (Å²) in [6, 6.07) is 7.48. The molecule has 0 radical (unpaired) electrons. The number of hydrogen-bond donors (Lipinski definition) is 3. The van der Waals surface area contributed by atoms with Crippen molar-refractivity contribution < 1.29 is 13.6 Å². The molecule has 0 unspecified atom stereocenters. The number of amides is 2. The molecule has 0 bridgehead atoms. The van der Waals surface area contributed by atoms with Crippen LogP contribution in [0.15, 0.2) is 36.4 Å². The predicted octanol–water partition coefficient (Wildman–Crippen LogP) is 4.73. The minimum atomic E-state index is -1.01. The Labute approximate surface area is 186 Å². The molecule has 0 aliphatic heterocycles. The number of benzene rings is 1. The first-order valence-corrected chi connectivity index (χ1v) is 9.86. The quantitative estimate of drug-likeness (QED) is 0.304. The molecule has 11 heteroatoms. The zero-order chi connectivity index (χ0) is 23.0. The molecule has 0 spiro atoms. The molecule has 2 amide bonds. The number of aromatic nitrogens is 4. The second-order valence-corrected chi connectivity index (χ2v) is 7.52. The average Bonchev–Trinajstić information content (AvgIpc) is 3.02. The summed E-state index contributed by atoms with van der Waals surface area (Å²) < 4.78 is 28.4. The first-order chi connectivity index (χ1) is 15.2. The number of hydrogen-bond acceptors (Lipinski definition) is 5. The van der Waals surface area contributed by atoms with Crippen molar-refractivity contribution in [1.29, 1.82) is 0 Å². The van der Waals surface area contributed by atoms with Crippen molar-refractivity contribution >= 4 is 40.2 Å². The predicted molar refractivity (Wildman–Crippen MR) is 118 cm³/mol. The van der Waals surface area contributed by atoms with Crippen LogP contribution in [-0.2, 0) is 7.05 Å². The molecule has 0 aliphatic carbocycles. The molecular formula is C21H18ClF2N7O. The lowest BCUT2D eigenvalue weighted by atomic mass is 10.1. The second-order valence-electron chi connectivity index (χ2n) is 7.13. The second kappa shape index (κ2) is 8.39. The first-order valence-electron chi connectivity index (χ1n) is 9.48. The Hall–Kier alpha value is -3.79. The van der Waals surface area contributed by atoms with E-state index in [0.29, 0.717) is 22.7 Å². The highest BCUT2D eigenvalue weighted by atomic mass is 35.5. The van der Waals surface area contributed by atoms with E-state index in [-0.39, 0.29) is 10.8 Å². The smallest absolute Gasteiger partial charge is 0.306 e. The topological polar surface area (TPSA) is 96.8 Å². The maximum Gasteiger partial charge on any atom is 0.337 e. The molecule has 32 heavy (non-hydrogen) atoms. The third-order valence-electron chi connectivity index (χ3n) is 4.74. The Kier molecular flexibility index (Phi) is 5.62. The maximum absolute atomic E-state index is 13.6. The van der Waals surface area contributed by atoms with Gasteiger partial charge in [-0.3, -0.25) is 15.5 Å². The van der Waals surface area contributed by atoms with Gasteiger partial charge in [0, 0.05) is 23.7 Å². The fourth-order valence-corrected chi connectivity index (χ4v) is 3.59. The van der Waals surface area contributed by atoms with Crippen LogP contribution < -0.4 is 16.2 Å². The summed E-state index contributed by atoms with van der Waals surface area (Å²) in [7, 11) is 1.80. The summed E-state index contributed by atoms with van der Waals surface area (Å²) in [5.41, 5.74) is 8.66. The molecule has 4 rings (SSSR count). The van der Waals surface area contributed by atoms with Crippen LogP contribution in [0.3, 0.4) is 0 Å². The number of halogens is 3. The molecule has 0 aliphatic rings. The first kappa shape index (κ1) is 21.4. The van der Waals surface area contributed by atoms with Crippen LogP contribution in [0.2, 0.25) is 5.15 Å². The van der Waals surface area contributed by atoms with E-state index < -0.39 is 17.7 Å². The van der Waals surface area contributed by atoms with Crippen LogP contribution >= 0.6 is 11.6 Å². The number of pyridine rings is 2. The van der Waals surface area contributed by atoms with E-state index in [4.69, 9.17) is 11.6 Å². The minimum absolute atomic E-state index is 0.0739. The molecule has 0 saturated heterocycles. The fraction of sp³-hybridized carbons (Fsp3) is 0.143. The highest BCUT2D eigenvalue weighted by Gasteiger charge is 2.12. The molecule has 4 aromatic rings. The summed E-state index contributed by atoms with van der Waals surface area (Å²) in [5.74, 6) is -1.55. The summed E-state index contributed by atoms with van der Waals surface area (Å²) in [4.78, 5) is 20.9. The van der Waals surface area contributed by atoms with E-state index in [9.17, 15) is 13.6 Å². The Morgan fingerprint density at radius 1 is 1.06 bits per heavy atom. The molecule has 0 atom stereocenters. The number of nitrogens with one attached hydrogen (secondary N) is 3. The highest BCUT2D eigenvalue weighted by molar-refractivity contribution is 6.29. The molecule has 3 N–H and O–H groups in total. The van der Waals surface area contributed by atoms with E-state index in [2.05, 4.69) is 31.2 Å². The SMILES string of the molecule is Cc1cc(NNC(=O)Nc2cc(Cl)nc(-c3ccc(F)c(F)c3)c2)nc2c1c(C)nn2C. The lowest BCUT2D eigenvalue weighted by molar-refractivity contribution is 0.254. The van der Waals surface area contributed by atoms with Gasteiger partial charge in [0.2, 0.25) is 0 Å². The number of nitrogens with zero attached hydrogens (tertiary/aromatic N) is 4. The molecule has 1 aromatic carbocycles. The van der Waals surface area contributed by atoms with Crippen LogP contribution in [0.1, 0.15) is 11.3 Å². The molecule has 0 fully saturated rings. The van der Waals surface area contributed by atoms with Crippen LogP contribution in [0, 0.1) is 25.5 Å². The normalized spacial score (nSPS) is 10.9. The number of anilines is 2. The summed E-state index contributed by atoms with van der Waals surface area (Å²) in [6.45, 7) is 3.84. The number of carbonyl (C=O) groups excluding carboxylic acids is 1. The van der Waals surface area contributed by atoms with Gasteiger partial charge in [-0.05, 0) is 55.8 Å². The van der Waals surface area contributed by atoms with Gasteiger partial charge in [0.1, 0.15) is 11.0 Å². The molecular weight excluding hydrogens is 440 g/mol. The monoisotopic (exact) mass is 457 g/mol. The van der Waals surface area contributed by atoms with Gasteiger partial charge in [-0.25, -0.2) is 23.5 Å². The average molecular weight is 458 g/mol. The number of hydrazine groups is 1. The van der Waals surface area contributed by atoms with Gasteiger partial charge in [0.05, 0.1) is 11.4 Å². The van der Waals surface area contributed by atoms with Crippen molar-refractivity contribution in [2.24, 2.45) is 7.05 Å². The summed E-state index contributed by atoms with van der Waals surface area (Å²) in [6.07, 6.45) is 0. The third kappa shape index (κ3) is 4.30. The van der Waals surface area contributed by atoms with E-state index in [0.717, 1.165) is 28.8 Å². The van der Waals surface area contributed by atoms with Gasteiger partial charge in [-0.2, -0.15) is 5.10 Å². The van der Waals surface area contributed by atoms with Crippen molar-refractivity contribution in [3.8, 4) is 11.3 Å². The van der Waals surface area contributed by atoms with E-state index >= 15 is 0 Å². The van der Waals surface area contributed by atoms with Crippen LogP contribution in [0.5, 0.6) is 0 Å². The van der Waals surface area contributed by atoms with Gasteiger partial charge in [-0.15, -0.1) is 0 Å². The highest BCUT2D eigenvalue weighted by Crippen LogP contribution is 2.26. The maximum atomic E-state index is 13.6.